The SMILES string of the molecule is CCNC1CCC(OC/C=N/O)CC1. The Kier molecular flexibility index (Phi) is 5.56. The fraction of sp³-hybridized carbons (Fsp3) is 0.900. The van der Waals surface area contributed by atoms with Gasteiger partial charge in [0.15, 0.2) is 0 Å². The molecule has 82 valence electrons. The lowest BCUT2D eigenvalue weighted by atomic mass is 9.93. The van der Waals surface area contributed by atoms with E-state index in [9.17, 15) is 0 Å². The molecule has 1 aliphatic rings. The number of rotatable bonds is 5. The van der Waals surface area contributed by atoms with Crippen LogP contribution in [0, 0.1) is 0 Å². The van der Waals surface area contributed by atoms with Crippen LogP contribution in [0.15, 0.2) is 5.16 Å². The zero-order chi connectivity index (χ0) is 10.2. The number of hydrogen-bond donors (Lipinski definition) is 2. The number of nitrogens with zero attached hydrogens (tertiary/aromatic N) is 1. The van der Waals surface area contributed by atoms with Crippen molar-refractivity contribution in [1.29, 1.82) is 0 Å². The van der Waals surface area contributed by atoms with Gasteiger partial charge in [0.25, 0.3) is 0 Å². The van der Waals surface area contributed by atoms with Crippen LogP contribution in [0.2, 0.25) is 0 Å². The molecular weight excluding hydrogens is 180 g/mol. The van der Waals surface area contributed by atoms with Gasteiger partial charge in [-0.3, -0.25) is 0 Å². The van der Waals surface area contributed by atoms with Gasteiger partial charge in [-0.05, 0) is 32.2 Å². The minimum Gasteiger partial charge on any atom is -0.411 e. The lowest BCUT2D eigenvalue weighted by molar-refractivity contribution is 0.0464. The Morgan fingerprint density at radius 3 is 2.71 bits per heavy atom. The van der Waals surface area contributed by atoms with Crippen LogP contribution >= 0.6 is 0 Å². The Balaban J connectivity index is 2.09. The third-order valence-corrected chi connectivity index (χ3v) is 2.66. The normalized spacial score (nSPS) is 28.4. The van der Waals surface area contributed by atoms with Crippen molar-refractivity contribution in [2.75, 3.05) is 13.2 Å². The lowest BCUT2D eigenvalue weighted by Crippen LogP contribution is -2.35. The molecule has 0 atom stereocenters. The number of nitrogens with one attached hydrogen (secondary N) is 1. The maximum Gasteiger partial charge on any atom is 0.0855 e. The highest BCUT2D eigenvalue weighted by Gasteiger charge is 2.20. The molecule has 4 heteroatoms. The molecule has 0 aromatic carbocycles. The number of hydrogen-bond acceptors (Lipinski definition) is 4. The van der Waals surface area contributed by atoms with E-state index in [0.29, 0.717) is 18.8 Å². The average molecular weight is 200 g/mol. The van der Waals surface area contributed by atoms with Crippen LogP contribution in [0.25, 0.3) is 0 Å². The summed E-state index contributed by atoms with van der Waals surface area (Å²) in [4.78, 5) is 0. The summed E-state index contributed by atoms with van der Waals surface area (Å²) in [5.74, 6) is 0. The molecular formula is C10H20N2O2. The number of oxime groups is 1. The molecule has 4 nitrogen and oxygen atoms in total. The van der Waals surface area contributed by atoms with Crippen LogP contribution in [-0.2, 0) is 4.74 Å². The minimum absolute atomic E-state index is 0.350. The summed E-state index contributed by atoms with van der Waals surface area (Å²) in [7, 11) is 0. The van der Waals surface area contributed by atoms with Crippen LogP contribution in [-0.4, -0.2) is 36.7 Å². The molecule has 1 fully saturated rings. The Morgan fingerprint density at radius 1 is 1.43 bits per heavy atom. The first-order valence-corrected chi connectivity index (χ1v) is 5.37. The van der Waals surface area contributed by atoms with Gasteiger partial charge in [0, 0.05) is 6.04 Å². The second-order valence-corrected chi connectivity index (χ2v) is 3.66. The third kappa shape index (κ3) is 4.07. The highest BCUT2D eigenvalue weighted by atomic mass is 16.5. The quantitative estimate of drug-likeness (QED) is 0.400. The van der Waals surface area contributed by atoms with Crippen LogP contribution in [0.3, 0.4) is 0 Å². The Morgan fingerprint density at radius 2 is 2.14 bits per heavy atom. The van der Waals surface area contributed by atoms with Gasteiger partial charge in [0.1, 0.15) is 0 Å². The molecule has 1 saturated carbocycles. The van der Waals surface area contributed by atoms with Gasteiger partial charge in [-0.1, -0.05) is 12.1 Å². The van der Waals surface area contributed by atoms with Gasteiger partial charge < -0.3 is 15.3 Å². The summed E-state index contributed by atoms with van der Waals surface area (Å²) in [6.07, 6.45) is 6.33. The van der Waals surface area contributed by atoms with Gasteiger partial charge in [0.05, 0.1) is 18.9 Å². The molecule has 0 amide bonds. The first-order chi connectivity index (χ1) is 6.86. The molecule has 0 unspecified atom stereocenters. The summed E-state index contributed by atoms with van der Waals surface area (Å²) in [6.45, 7) is 3.61. The monoisotopic (exact) mass is 200 g/mol. The van der Waals surface area contributed by atoms with Crippen LogP contribution < -0.4 is 5.32 Å². The molecule has 14 heavy (non-hydrogen) atoms. The van der Waals surface area contributed by atoms with E-state index in [-0.39, 0.29) is 0 Å². The van der Waals surface area contributed by atoms with Gasteiger partial charge in [-0.25, -0.2) is 0 Å². The van der Waals surface area contributed by atoms with E-state index in [2.05, 4.69) is 17.4 Å². The molecule has 1 aliphatic carbocycles. The maximum atomic E-state index is 8.19. The second kappa shape index (κ2) is 6.79. The molecule has 0 radical (unpaired) electrons. The largest absolute Gasteiger partial charge is 0.411 e. The molecule has 0 aliphatic heterocycles. The summed E-state index contributed by atoms with van der Waals surface area (Å²) >= 11 is 0. The predicted octanol–water partition coefficient (Wildman–Crippen LogP) is 1.38. The average Bonchev–Trinajstić information content (AvgIpc) is 2.21. The smallest absolute Gasteiger partial charge is 0.0855 e. The van der Waals surface area contributed by atoms with Crippen molar-refractivity contribution in [3.63, 3.8) is 0 Å². The highest BCUT2D eigenvalue weighted by Crippen LogP contribution is 2.20. The summed E-state index contributed by atoms with van der Waals surface area (Å²) in [5.41, 5.74) is 0. The molecule has 0 bridgehead atoms. The van der Waals surface area contributed by atoms with E-state index in [1.54, 1.807) is 0 Å². The molecule has 0 saturated heterocycles. The van der Waals surface area contributed by atoms with Crippen LogP contribution in [0.4, 0.5) is 0 Å². The molecule has 0 aromatic rings. The maximum absolute atomic E-state index is 8.19. The minimum atomic E-state index is 0.350. The topological polar surface area (TPSA) is 53.8 Å². The number of ether oxygens (including phenoxy) is 1. The second-order valence-electron chi connectivity index (χ2n) is 3.66. The molecule has 0 spiro atoms. The first kappa shape index (κ1) is 11.5. The molecule has 0 aromatic heterocycles. The zero-order valence-electron chi connectivity index (χ0n) is 8.78. The van der Waals surface area contributed by atoms with Gasteiger partial charge in [0.2, 0.25) is 0 Å². The van der Waals surface area contributed by atoms with E-state index in [1.165, 1.54) is 19.1 Å². The fourth-order valence-corrected chi connectivity index (χ4v) is 1.93. The van der Waals surface area contributed by atoms with Gasteiger partial charge >= 0.3 is 0 Å². The van der Waals surface area contributed by atoms with Crippen molar-refractivity contribution < 1.29 is 9.94 Å². The van der Waals surface area contributed by atoms with E-state index in [4.69, 9.17) is 9.94 Å². The fourth-order valence-electron chi connectivity index (χ4n) is 1.93. The Labute approximate surface area is 85.3 Å². The Hall–Kier alpha value is -0.610. The van der Waals surface area contributed by atoms with Crippen molar-refractivity contribution in [3.05, 3.63) is 0 Å². The zero-order valence-corrected chi connectivity index (χ0v) is 8.78. The molecule has 2 N–H and O–H groups in total. The van der Waals surface area contributed by atoms with E-state index in [1.807, 2.05) is 0 Å². The van der Waals surface area contributed by atoms with Crippen LogP contribution in [0.1, 0.15) is 32.6 Å². The summed E-state index contributed by atoms with van der Waals surface area (Å²) in [6, 6.07) is 0.673. The van der Waals surface area contributed by atoms with Crippen molar-refractivity contribution in [1.82, 2.24) is 5.32 Å². The van der Waals surface area contributed by atoms with Crippen molar-refractivity contribution >= 4 is 6.21 Å². The summed E-state index contributed by atoms with van der Waals surface area (Å²) in [5, 5.41) is 14.5. The van der Waals surface area contributed by atoms with Crippen molar-refractivity contribution in [2.45, 2.75) is 44.8 Å². The highest BCUT2D eigenvalue weighted by molar-refractivity contribution is 5.57. The molecule has 0 heterocycles. The van der Waals surface area contributed by atoms with Crippen molar-refractivity contribution in [3.8, 4) is 0 Å². The lowest BCUT2D eigenvalue weighted by Gasteiger charge is -2.28. The molecule has 1 rings (SSSR count). The van der Waals surface area contributed by atoms with Crippen molar-refractivity contribution in [2.24, 2.45) is 5.16 Å². The van der Waals surface area contributed by atoms with Gasteiger partial charge in [-0.2, -0.15) is 0 Å². The summed E-state index contributed by atoms with van der Waals surface area (Å²) < 4.78 is 5.51. The van der Waals surface area contributed by atoms with Crippen LogP contribution in [0.5, 0.6) is 0 Å². The van der Waals surface area contributed by atoms with E-state index in [0.717, 1.165) is 19.4 Å². The predicted molar refractivity (Wildman–Crippen MR) is 56.0 cm³/mol. The first-order valence-electron chi connectivity index (χ1n) is 5.37. The van der Waals surface area contributed by atoms with Gasteiger partial charge in [-0.15, -0.1) is 0 Å². The van der Waals surface area contributed by atoms with E-state index < -0.39 is 0 Å². The van der Waals surface area contributed by atoms with E-state index >= 15 is 0 Å². The Bertz CT molecular complexity index is 166. The standard InChI is InChI=1S/C10H20N2O2/c1-2-11-9-3-5-10(6-4-9)14-8-7-12-13/h7,9-11,13H,2-6,8H2,1H3/b12-7+. The third-order valence-electron chi connectivity index (χ3n) is 2.66.